The van der Waals surface area contributed by atoms with Crippen LogP contribution < -0.4 is 5.73 Å². The summed E-state index contributed by atoms with van der Waals surface area (Å²) < 4.78 is 0. The molecule has 10 heavy (non-hydrogen) atoms. The van der Waals surface area contributed by atoms with Crippen molar-refractivity contribution in [2.75, 3.05) is 0 Å². The molecular formula is C5H6N2O2S. The van der Waals surface area contributed by atoms with Gasteiger partial charge in [-0.1, -0.05) is 0 Å². The second kappa shape index (κ2) is 2.76. The number of aliphatic hydroxyl groups excluding tert-OH is 1. The Morgan fingerprint density at radius 1 is 1.90 bits per heavy atom. The van der Waals surface area contributed by atoms with Crippen LogP contribution in [0.25, 0.3) is 0 Å². The monoisotopic (exact) mass is 158 g/mol. The molecular weight excluding hydrogens is 152 g/mol. The summed E-state index contributed by atoms with van der Waals surface area (Å²) in [4.78, 5) is 14.7. The molecule has 0 atom stereocenters. The van der Waals surface area contributed by atoms with Gasteiger partial charge >= 0.3 is 0 Å². The Balaban J connectivity index is 3.01. The third kappa shape index (κ3) is 1.14. The average molecular weight is 158 g/mol. The number of carbonyl (C=O) groups excluding carboxylic acids is 1. The van der Waals surface area contributed by atoms with E-state index in [9.17, 15) is 4.79 Å². The Kier molecular flexibility index (Phi) is 1.98. The number of carbonyl (C=O) groups is 1. The van der Waals surface area contributed by atoms with Crippen LogP contribution in [0.15, 0.2) is 5.51 Å². The van der Waals surface area contributed by atoms with Crippen molar-refractivity contribution in [1.29, 1.82) is 0 Å². The molecule has 0 aromatic carbocycles. The topological polar surface area (TPSA) is 76.2 Å². The molecule has 0 saturated heterocycles. The van der Waals surface area contributed by atoms with Gasteiger partial charge in [-0.25, -0.2) is 4.98 Å². The van der Waals surface area contributed by atoms with Gasteiger partial charge in [0, 0.05) is 0 Å². The van der Waals surface area contributed by atoms with E-state index in [4.69, 9.17) is 10.8 Å². The molecule has 0 spiro atoms. The van der Waals surface area contributed by atoms with E-state index in [1.807, 2.05) is 0 Å². The standard InChI is InChI=1S/C5H6N2O2S/c6-5(9)4-3(1-8)10-2-7-4/h2,8H,1H2,(H2,6,9). The Bertz CT molecular complexity index is 246. The molecule has 3 N–H and O–H groups in total. The molecule has 1 amide bonds. The highest BCUT2D eigenvalue weighted by Crippen LogP contribution is 2.11. The van der Waals surface area contributed by atoms with Gasteiger partial charge in [0.1, 0.15) is 5.69 Å². The van der Waals surface area contributed by atoms with Crippen LogP contribution in [-0.4, -0.2) is 16.0 Å². The maximum absolute atomic E-state index is 10.5. The van der Waals surface area contributed by atoms with E-state index in [0.29, 0.717) is 4.88 Å². The predicted molar refractivity (Wildman–Crippen MR) is 36.6 cm³/mol. The number of hydrogen-bond acceptors (Lipinski definition) is 4. The van der Waals surface area contributed by atoms with E-state index in [1.54, 1.807) is 0 Å². The van der Waals surface area contributed by atoms with Gasteiger partial charge in [0.15, 0.2) is 0 Å². The summed E-state index contributed by atoms with van der Waals surface area (Å²) in [5.41, 5.74) is 6.58. The van der Waals surface area contributed by atoms with Crippen molar-refractivity contribution in [3.8, 4) is 0 Å². The zero-order chi connectivity index (χ0) is 7.56. The summed E-state index contributed by atoms with van der Waals surface area (Å²) in [5, 5.41) is 8.62. The van der Waals surface area contributed by atoms with Crippen molar-refractivity contribution in [2.45, 2.75) is 6.61 Å². The van der Waals surface area contributed by atoms with E-state index >= 15 is 0 Å². The molecule has 0 radical (unpaired) electrons. The number of aliphatic hydroxyl groups is 1. The number of nitrogens with two attached hydrogens (primary N) is 1. The van der Waals surface area contributed by atoms with Crippen LogP contribution >= 0.6 is 11.3 Å². The van der Waals surface area contributed by atoms with Crippen molar-refractivity contribution in [2.24, 2.45) is 5.73 Å². The van der Waals surface area contributed by atoms with Crippen molar-refractivity contribution >= 4 is 17.2 Å². The van der Waals surface area contributed by atoms with Crippen LogP contribution in [-0.2, 0) is 6.61 Å². The number of nitrogens with zero attached hydrogens (tertiary/aromatic N) is 1. The summed E-state index contributed by atoms with van der Waals surface area (Å²) in [6.45, 7) is -0.178. The van der Waals surface area contributed by atoms with Crippen LogP contribution in [0.1, 0.15) is 15.4 Å². The van der Waals surface area contributed by atoms with Crippen molar-refractivity contribution in [3.05, 3.63) is 16.1 Å². The third-order valence-electron chi connectivity index (χ3n) is 1.02. The predicted octanol–water partition coefficient (Wildman–Crippen LogP) is -0.266. The first kappa shape index (κ1) is 7.17. The Hall–Kier alpha value is -0.940. The Morgan fingerprint density at radius 2 is 2.60 bits per heavy atom. The normalized spacial score (nSPS) is 9.70. The first-order chi connectivity index (χ1) is 4.75. The molecule has 54 valence electrons. The first-order valence-corrected chi connectivity index (χ1v) is 3.46. The van der Waals surface area contributed by atoms with Crippen molar-refractivity contribution in [1.82, 2.24) is 4.98 Å². The molecule has 0 aliphatic carbocycles. The summed E-state index contributed by atoms with van der Waals surface area (Å²) in [7, 11) is 0. The lowest BCUT2D eigenvalue weighted by Gasteiger charge is -1.90. The third-order valence-corrected chi connectivity index (χ3v) is 1.84. The molecule has 1 rings (SSSR count). The summed E-state index contributed by atoms with van der Waals surface area (Å²) >= 11 is 1.22. The smallest absolute Gasteiger partial charge is 0.268 e. The minimum atomic E-state index is -0.592. The van der Waals surface area contributed by atoms with Gasteiger partial charge in [0.2, 0.25) is 0 Å². The van der Waals surface area contributed by atoms with Crippen molar-refractivity contribution in [3.63, 3.8) is 0 Å². The number of rotatable bonds is 2. The highest BCUT2D eigenvalue weighted by Gasteiger charge is 2.09. The number of thiazole rings is 1. The van der Waals surface area contributed by atoms with Gasteiger partial charge in [0.25, 0.3) is 5.91 Å². The fraction of sp³-hybridized carbons (Fsp3) is 0.200. The first-order valence-electron chi connectivity index (χ1n) is 2.58. The highest BCUT2D eigenvalue weighted by atomic mass is 32.1. The maximum Gasteiger partial charge on any atom is 0.268 e. The van der Waals surface area contributed by atoms with Gasteiger partial charge in [-0.2, -0.15) is 0 Å². The Morgan fingerprint density at radius 3 is 3.00 bits per heavy atom. The van der Waals surface area contributed by atoms with Crippen LogP contribution in [0, 0.1) is 0 Å². The van der Waals surface area contributed by atoms with Crippen LogP contribution in [0.4, 0.5) is 0 Å². The molecule has 1 aromatic rings. The van der Waals surface area contributed by atoms with E-state index < -0.39 is 5.91 Å². The van der Waals surface area contributed by atoms with E-state index in [-0.39, 0.29) is 12.3 Å². The minimum absolute atomic E-state index is 0.174. The lowest BCUT2D eigenvalue weighted by Crippen LogP contribution is -2.13. The largest absolute Gasteiger partial charge is 0.391 e. The minimum Gasteiger partial charge on any atom is -0.391 e. The number of hydrogen-bond donors (Lipinski definition) is 2. The zero-order valence-electron chi connectivity index (χ0n) is 5.07. The van der Waals surface area contributed by atoms with E-state index in [1.165, 1.54) is 16.8 Å². The molecule has 0 fully saturated rings. The molecule has 0 aliphatic rings. The number of aromatic nitrogens is 1. The molecule has 1 heterocycles. The molecule has 0 aliphatic heterocycles. The average Bonchev–Trinajstić information content (AvgIpc) is 2.33. The van der Waals surface area contributed by atoms with E-state index in [2.05, 4.69) is 4.98 Å². The summed E-state index contributed by atoms with van der Waals surface area (Å²) in [6.07, 6.45) is 0. The van der Waals surface area contributed by atoms with Gasteiger partial charge in [-0.15, -0.1) is 11.3 Å². The fourth-order valence-electron chi connectivity index (χ4n) is 0.584. The van der Waals surface area contributed by atoms with Crippen LogP contribution in [0.3, 0.4) is 0 Å². The van der Waals surface area contributed by atoms with Gasteiger partial charge in [0.05, 0.1) is 17.0 Å². The fourth-order valence-corrected chi connectivity index (χ4v) is 1.21. The van der Waals surface area contributed by atoms with Crippen LogP contribution in [0.2, 0.25) is 0 Å². The van der Waals surface area contributed by atoms with Gasteiger partial charge < -0.3 is 10.8 Å². The lowest BCUT2D eigenvalue weighted by molar-refractivity contribution is 0.0993. The number of primary amides is 1. The molecule has 0 bridgehead atoms. The van der Waals surface area contributed by atoms with Gasteiger partial charge in [-0.05, 0) is 0 Å². The van der Waals surface area contributed by atoms with Crippen LogP contribution in [0.5, 0.6) is 0 Å². The van der Waals surface area contributed by atoms with Crippen molar-refractivity contribution < 1.29 is 9.90 Å². The SMILES string of the molecule is NC(=O)c1ncsc1CO. The number of amides is 1. The summed E-state index contributed by atoms with van der Waals surface area (Å²) in [5.74, 6) is -0.592. The summed E-state index contributed by atoms with van der Waals surface area (Å²) in [6, 6.07) is 0. The van der Waals surface area contributed by atoms with Gasteiger partial charge in [-0.3, -0.25) is 4.79 Å². The molecule has 0 saturated carbocycles. The molecule has 1 aromatic heterocycles. The second-order valence-electron chi connectivity index (χ2n) is 1.65. The molecule has 5 heteroatoms. The maximum atomic E-state index is 10.5. The quantitative estimate of drug-likeness (QED) is 0.622. The lowest BCUT2D eigenvalue weighted by atomic mass is 10.3. The Labute approximate surface area is 61.3 Å². The molecule has 4 nitrogen and oxygen atoms in total. The van der Waals surface area contributed by atoms with E-state index in [0.717, 1.165) is 0 Å². The second-order valence-corrected chi connectivity index (χ2v) is 2.59. The highest BCUT2D eigenvalue weighted by molar-refractivity contribution is 7.09. The zero-order valence-corrected chi connectivity index (χ0v) is 5.89. The molecule has 0 unspecified atom stereocenters.